The average molecular weight is 497 g/mol. The minimum absolute atomic E-state index is 0.167. The molecular formula is C25H28N4O5S. The molecule has 2 aromatic carbocycles. The van der Waals surface area contributed by atoms with Crippen LogP contribution in [0.25, 0.3) is 5.69 Å². The van der Waals surface area contributed by atoms with Crippen LogP contribution in [0.5, 0.6) is 5.75 Å². The first kappa shape index (κ1) is 24.6. The van der Waals surface area contributed by atoms with E-state index in [-0.39, 0.29) is 10.6 Å². The Labute approximate surface area is 204 Å². The standard InChI is InChI=1S/C25H28N4O5S/c1-3-34-21-10-8-20(9-11-21)29-16-14-23(30)24(27-29)25(31)26-19-6-12-22(13-7-19)35(32,33)28-15-4-5-18(2)17-28/h6-14,16,18H,3-5,15,17H2,1-2H3,(H,26,31)/t18-/m1/s1. The number of rotatable bonds is 7. The second-order valence-corrected chi connectivity index (χ2v) is 10.4. The molecule has 1 N–H and O–H groups in total. The van der Waals surface area contributed by atoms with Crippen LogP contribution >= 0.6 is 0 Å². The van der Waals surface area contributed by atoms with Gasteiger partial charge in [0.05, 0.1) is 17.2 Å². The minimum atomic E-state index is -3.60. The number of carbonyl (C=O) groups is 1. The molecule has 1 saturated heterocycles. The lowest BCUT2D eigenvalue weighted by Gasteiger charge is -2.30. The summed E-state index contributed by atoms with van der Waals surface area (Å²) in [6, 6.07) is 14.3. The number of anilines is 1. The van der Waals surface area contributed by atoms with Gasteiger partial charge in [0.1, 0.15) is 5.75 Å². The van der Waals surface area contributed by atoms with Crippen molar-refractivity contribution < 1.29 is 17.9 Å². The van der Waals surface area contributed by atoms with Gasteiger partial charge in [0, 0.05) is 31.0 Å². The maximum atomic E-state index is 12.9. The van der Waals surface area contributed by atoms with Crippen molar-refractivity contribution in [3.63, 3.8) is 0 Å². The van der Waals surface area contributed by atoms with Crippen LogP contribution in [0, 0.1) is 5.92 Å². The highest BCUT2D eigenvalue weighted by Crippen LogP contribution is 2.24. The van der Waals surface area contributed by atoms with Crippen LogP contribution in [0.15, 0.2) is 70.5 Å². The van der Waals surface area contributed by atoms with Crippen molar-refractivity contribution in [1.29, 1.82) is 0 Å². The van der Waals surface area contributed by atoms with Gasteiger partial charge in [-0.25, -0.2) is 13.1 Å². The lowest BCUT2D eigenvalue weighted by atomic mass is 10.0. The quantitative estimate of drug-likeness (QED) is 0.537. The van der Waals surface area contributed by atoms with E-state index >= 15 is 0 Å². The van der Waals surface area contributed by atoms with Crippen LogP contribution in [0.4, 0.5) is 5.69 Å². The zero-order valence-corrected chi connectivity index (χ0v) is 20.5. The molecule has 2 heterocycles. The highest BCUT2D eigenvalue weighted by molar-refractivity contribution is 7.89. The second kappa shape index (κ2) is 10.4. The van der Waals surface area contributed by atoms with Gasteiger partial charge in [0.2, 0.25) is 15.5 Å². The summed E-state index contributed by atoms with van der Waals surface area (Å²) in [6.07, 6.45) is 3.34. The lowest BCUT2D eigenvalue weighted by molar-refractivity contribution is 0.101. The van der Waals surface area contributed by atoms with E-state index in [2.05, 4.69) is 10.4 Å². The predicted molar refractivity (Wildman–Crippen MR) is 133 cm³/mol. The van der Waals surface area contributed by atoms with E-state index in [0.29, 0.717) is 42.7 Å². The highest BCUT2D eigenvalue weighted by Gasteiger charge is 2.28. The third kappa shape index (κ3) is 5.60. The predicted octanol–water partition coefficient (Wildman–Crippen LogP) is 3.30. The fourth-order valence-corrected chi connectivity index (χ4v) is 5.58. The number of benzene rings is 2. The largest absolute Gasteiger partial charge is 0.494 e. The van der Waals surface area contributed by atoms with Crippen molar-refractivity contribution in [2.75, 3.05) is 25.0 Å². The average Bonchev–Trinajstić information content (AvgIpc) is 2.85. The van der Waals surface area contributed by atoms with Crippen molar-refractivity contribution >= 4 is 21.6 Å². The van der Waals surface area contributed by atoms with E-state index in [4.69, 9.17) is 4.74 Å². The molecule has 1 aromatic heterocycles. The van der Waals surface area contributed by atoms with Gasteiger partial charge in [-0.15, -0.1) is 0 Å². The molecule has 0 radical (unpaired) electrons. The Morgan fingerprint density at radius 2 is 1.83 bits per heavy atom. The Kier molecular flexibility index (Phi) is 7.32. The normalized spacial score (nSPS) is 16.6. The van der Waals surface area contributed by atoms with Crippen LogP contribution in [-0.2, 0) is 10.0 Å². The Morgan fingerprint density at radius 3 is 2.49 bits per heavy atom. The molecule has 1 atom stereocenters. The van der Waals surface area contributed by atoms with Crippen LogP contribution in [0.2, 0.25) is 0 Å². The van der Waals surface area contributed by atoms with E-state index in [9.17, 15) is 18.0 Å². The minimum Gasteiger partial charge on any atom is -0.494 e. The van der Waals surface area contributed by atoms with Gasteiger partial charge >= 0.3 is 0 Å². The van der Waals surface area contributed by atoms with Crippen LogP contribution in [0.1, 0.15) is 37.2 Å². The van der Waals surface area contributed by atoms with Crippen molar-refractivity contribution in [1.82, 2.24) is 14.1 Å². The molecule has 35 heavy (non-hydrogen) atoms. The van der Waals surface area contributed by atoms with Crippen LogP contribution < -0.4 is 15.5 Å². The summed E-state index contributed by atoms with van der Waals surface area (Å²) in [5.74, 6) is 0.341. The summed E-state index contributed by atoms with van der Waals surface area (Å²) in [5.41, 5.74) is 0.214. The molecule has 1 aliphatic rings. The molecule has 1 aliphatic heterocycles. The van der Waals surface area contributed by atoms with Crippen molar-refractivity contribution in [2.24, 2.45) is 5.92 Å². The fraction of sp³-hybridized carbons (Fsp3) is 0.320. The van der Waals surface area contributed by atoms with E-state index in [1.54, 1.807) is 24.3 Å². The summed E-state index contributed by atoms with van der Waals surface area (Å²) in [4.78, 5) is 25.3. The van der Waals surface area contributed by atoms with E-state index in [0.717, 1.165) is 12.8 Å². The maximum absolute atomic E-state index is 12.9. The van der Waals surface area contributed by atoms with Gasteiger partial charge in [-0.2, -0.15) is 9.40 Å². The number of sulfonamides is 1. The molecule has 184 valence electrons. The molecule has 0 aliphatic carbocycles. The summed E-state index contributed by atoms with van der Waals surface area (Å²) in [5, 5.41) is 6.81. The van der Waals surface area contributed by atoms with Gasteiger partial charge in [0.15, 0.2) is 5.69 Å². The Morgan fingerprint density at radius 1 is 1.11 bits per heavy atom. The molecule has 0 bridgehead atoms. The molecule has 1 fully saturated rings. The number of ether oxygens (including phenoxy) is 1. The van der Waals surface area contributed by atoms with E-state index < -0.39 is 21.4 Å². The van der Waals surface area contributed by atoms with E-state index in [1.807, 2.05) is 13.8 Å². The number of hydrogen-bond donors (Lipinski definition) is 1. The van der Waals surface area contributed by atoms with Crippen LogP contribution in [-0.4, -0.2) is 48.1 Å². The molecule has 10 heteroatoms. The number of nitrogens with zero attached hydrogens (tertiary/aromatic N) is 3. The van der Waals surface area contributed by atoms with Gasteiger partial charge in [0.25, 0.3) is 5.91 Å². The number of hydrogen-bond acceptors (Lipinski definition) is 6. The third-order valence-corrected chi connectivity index (χ3v) is 7.68. The van der Waals surface area contributed by atoms with Gasteiger partial charge in [-0.05, 0) is 74.2 Å². The van der Waals surface area contributed by atoms with Gasteiger partial charge < -0.3 is 10.1 Å². The Hall–Kier alpha value is -3.50. The molecule has 0 spiro atoms. The number of nitrogens with one attached hydrogen (secondary N) is 1. The number of piperidine rings is 1. The molecule has 3 aromatic rings. The molecular weight excluding hydrogens is 468 g/mol. The zero-order chi connectivity index (χ0) is 25.0. The van der Waals surface area contributed by atoms with Gasteiger partial charge in [-0.3, -0.25) is 9.59 Å². The summed E-state index contributed by atoms with van der Waals surface area (Å²) < 4.78 is 34.2. The smallest absolute Gasteiger partial charge is 0.280 e. The zero-order valence-electron chi connectivity index (χ0n) is 19.7. The molecule has 0 saturated carbocycles. The first-order valence-electron chi connectivity index (χ1n) is 11.5. The Balaban J connectivity index is 1.50. The molecule has 4 rings (SSSR count). The van der Waals surface area contributed by atoms with E-state index in [1.165, 1.54) is 45.5 Å². The summed E-state index contributed by atoms with van der Waals surface area (Å²) in [6.45, 7) is 5.49. The van der Waals surface area contributed by atoms with Crippen molar-refractivity contribution in [2.45, 2.75) is 31.6 Å². The van der Waals surface area contributed by atoms with Gasteiger partial charge in [-0.1, -0.05) is 6.92 Å². The summed E-state index contributed by atoms with van der Waals surface area (Å²) in [7, 11) is -3.60. The van der Waals surface area contributed by atoms with Crippen LogP contribution in [0.3, 0.4) is 0 Å². The first-order chi connectivity index (χ1) is 16.8. The SMILES string of the molecule is CCOc1ccc(-n2ccc(=O)c(C(=O)Nc3ccc(S(=O)(=O)N4CCC[C@@H](C)C4)cc3)n2)cc1. The number of carbonyl (C=O) groups excluding carboxylic acids is 1. The topological polar surface area (TPSA) is 111 Å². The highest BCUT2D eigenvalue weighted by atomic mass is 32.2. The fourth-order valence-electron chi connectivity index (χ4n) is 3.98. The molecule has 1 amide bonds. The molecule has 9 nitrogen and oxygen atoms in total. The first-order valence-corrected chi connectivity index (χ1v) is 13.0. The maximum Gasteiger partial charge on any atom is 0.280 e. The van der Waals surface area contributed by atoms with Crippen molar-refractivity contribution in [3.05, 3.63) is 76.7 Å². The Bertz CT molecular complexity index is 1350. The number of amides is 1. The van der Waals surface area contributed by atoms with Crippen molar-refractivity contribution in [3.8, 4) is 11.4 Å². The molecule has 0 unspecified atom stereocenters. The lowest BCUT2D eigenvalue weighted by Crippen LogP contribution is -2.39. The number of aromatic nitrogens is 2. The third-order valence-electron chi connectivity index (χ3n) is 5.81. The second-order valence-electron chi connectivity index (χ2n) is 8.49. The monoisotopic (exact) mass is 496 g/mol. The summed E-state index contributed by atoms with van der Waals surface area (Å²) >= 11 is 0.